The summed E-state index contributed by atoms with van der Waals surface area (Å²) < 4.78 is 48.4. The number of sulfonamides is 1. The molecule has 3 aromatic carbocycles. The first-order valence-corrected chi connectivity index (χ1v) is 11.8. The van der Waals surface area contributed by atoms with Gasteiger partial charge in [-0.1, -0.05) is 42.5 Å². The molecule has 6 nitrogen and oxygen atoms in total. The van der Waals surface area contributed by atoms with Crippen LogP contribution in [-0.4, -0.2) is 25.2 Å². The monoisotopic (exact) mass is 515 g/mol. The lowest BCUT2D eigenvalue weighted by molar-refractivity contribution is -0.151. The van der Waals surface area contributed by atoms with Crippen LogP contribution in [0.2, 0.25) is 0 Å². The highest BCUT2D eigenvalue weighted by molar-refractivity contribution is 9.10. The van der Waals surface area contributed by atoms with E-state index in [1.807, 2.05) is 0 Å². The zero-order valence-corrected chi connectivity index (χ0v) is 18.7. The lowest BCUT2D eigenvalue weighted by atomic mass is 9.91. The molecular weight excluding hydrogens is 501 g/mol. The third kappa shape index (κ3) is 2.85. The van der Waals surface area contributed by atoms with Gasteiger partial charge in [-0.15, -0.1) is 0 Å². The summed E-state index contributed by atoms with van der Waals surface area (Å²) in [6.07, 6.45) is -0.385. The van der Waals surface area contributed by atoms with Crippen molar-refractivity contribution in [2.75, 3.05) is 4.31 Å². The van der Waals surface area contributed by atoms with E-state index in [1.54, 1.807) is 36.4 Å². The first kappa shape index (κ1) is 20.9. The Morgan fingerprint density at radius 1 is 1.00 bits per heavy atom. The van der Waals surface area contributed by atoms with E-state index in [1.165, 1.54) is 36.4 Å². The van der Waals surface area contributed by atoms with E-state index < -0.39 is 33.6 Å². The molecule has 1 N–H and O–H groups in total. The quantitative estimate of drug-likeness (QED) is 0.529. The first-order valence-electron chi connectivity index (χ1n) is 9.55. The van der Waals surface area contributed by atoms with Gasteiger partial charge in [-0.3, -0.25) is 0 Å². The predicted molar refractivity (Wildman–Crippen MR) is 118 cm³/mol. The van der Waals surface area contributed by atoms with Gasteiger partial charge in [0.2, 0.25) is 0 Å². The highest BCUT2D eigenvalue weighted by atomic mass is 79.9. The van der Waals surface area contributed by atoms with Gasteiger partial charge < -0.3 is 9.84 Å². The first-order chi connectivity index (χ1) is 15.3. The SMILES string of the molecule is O=C1C=C(c2ccc(F)cc2)[C@]2(O1)[C@@H](O)c1ccccc1N2S(=O)(=O)c1ccccc1Br. The van der Waals surface area contributed by atoms with Crippen LogP contribution in [0.25, 0.3) is 5.57 Å². The van der Waals surface area contributed by atoms with E-state index in [4.69, 9.17) is 4.74 Å². The minimum Gasteiger partial charge on any atom is -0.427 e. The average Bonchev–Trinajstić information content (AvgIpc) is 3.24. The highest BCUT2D eigenvalue weighted by Gasteiger charge is 2.64. The fraction of sp³-hybridized carbons (Fsp3) is 0.0870. The number of ether oxygens (including phenoxy) is 1. The van der Waals surface area contributed by atoms with Crippen LogP contribution >= 0.6 is 15.9 Å². The topological polar surface area (TPSA) is 83.9 Å². The van der Waals surface area contributed by atoms with Crippen LogP contribution < -0.4 is 4.31 Å². The number of hydrogen-bond donors (Lipinski definition) is 1. The van der Waals surface area contributed by atoms with Gasteiger partial charge in [0.05, 0.1) is 5.69 Å². The molecule has 0 saturated heterocycles. The van der Waals surface area contributed by atoms with Crippen molar-refractivity contribution in [1.29, 1.82) is 0 Å². The molecule has 0 aliphatic carbocycles. The molecule has 0 bridgehead atoms. The van der Waals surface area contributed by atoms with E-state index in [9.17, 15) is 22.7 Å². The number of carbonyl (C=O) groups excluding carboxylic acids is 1. The van der Waals surface area contributed by atoms with E-state index >= 15 is 0 Å². The summed E-state index contributed by atoms with van der Waals surface area (Å²) in [4.78, 5) is 12.4. The van der Waals surface area contributed by atoms with Gasteiger partial charge in [0.15, 0.2) is 0 Å². The third-order valence-corrected chi connectivity index (χ3v) is 8.35. The molecule has 2 aliphatic heterocycles. The normalized spacial score (nSPS) is 22.1. The Morgan fingerprint density at radius 2 is 1.66 bits per heavy atom. The molecule has 0 amide bonds. The molecule has 3 aromatic rings. The van der Waals surface area contributed by atoms with Crippen molar-refractivity contribution in [1.82, 2.24) is 0 Å². The molecule has 2 aliphatic rings. The summed E-state index contributed by atoms with van der Waals surface area (Å²) in [6.45, 7) is 0. The zero-order valence-electron chi connectivity index (χ0n) is 16.3. The van der Waals surface area contributed by atoms with Crippen LogP contribution in [0, 0.1) is 5.82 Å². The minimum atomic E-state index is -4.35. The molecule has 0 radical (unpaired) electrons. The van der Waals surface area contributed by atoms with Crippen molar-refractivity contribution < 1.29 is 27.4 Å². The Morgan fingerprint density at radius 3 is 2.38 bits per heavy atom. The lowest BCUT2D eigenvalue weighted by Gasteiger charge is -2.38. The van der Waals surface area contributed by atoms with Crippen LogP contribution in [0.3, 0.4) is 0 Å². The fourth-order valence-electron chi connectivity index (χ4n) is 4.20. The molecule has 162 valence electrons. The number of anilines is 1. The number of carbonyl (C=O) groups is 1. The van der Waals surface area contributed by atoms with Crippen molar-refractivity contribution in [2.24, 2.45) is 0 Å². The number of nitrogens with zero attached hydrogens (tertiary/aromatic N) is 1. The summed E-state index contributed by atoms with van der Waals surface area (Å²) in [5.41, 5.74) is -1.17. The number of fused-ring (bicyclic) bond motifs is 1. The summed E-state index contributed by atoms with van der Waals surface area (Å²) in [5.74, 6) is -1.31. The lowest BCUT2D eigenvalue weighted by Crippen LogP contribution is -2.53. The van der Waals surface area contributed by atoms with Crippen molar-refractivity contribution in [3.05, 3.63) is 100 Å². The number of aliphatic hydroxyl groups is 1. The summed E-state index contributed by atoms with van der Waals surface area (Å²) in [5, 5.41) is 11.4. The Balaban J connectivity index is 1.81. The second-order valence-corrected chi connectivity index (χ2v) is 9.95. The molecule has 32 heavy (non-hydrogen) atoms. The van der Waals surface area contributed by atoms with Gasteiger partial charge in [0, 0.05) is 21.7 Å². The summed E-state index contributed by atoms with van der Waals surface area (Å²) >= 11 is 3.28. The van der Waals surface area contributed by atoms with Crippen LogP contribution in [0.1, 0.15) is 17.2 Å². The number of aliphatic hydroxyl groups excluding tert-OH is 1. The van der Waals surface area contributed by atoms with Gasteiger partial charge in [-0.05, 0) is 51.8 Å². The highest BCUT2D eigenvalue weighted by Crippen LogP contribution is 2.57. The summed E-state index contributed by atoms with van der Waals surface area (Å²) in [7, 11) is -4.35. The molecule has 2 heterocycles. The zero-order chi connectivity index (χ0) is 22.7. The maximum Gasteiger partial charge on any atom is 0.333 e. The minimum absolute atomic E-state index is 0.0651. The van der Waals surface area contributed by atoms with Crippen LogP contribution in [0.4, 0.5) is 10.1 Å². The van der Waals surface area contributed by atoms with Gasteiger partial charge in [-0.2, -0.15) is 0 Å². The Labute approximate surface area is 191 Å². The number of halogens is 2. The van der Waals surface area contributed by atoms with E-state index in [2.05, 4.69) is 15.9 Å². The molecule has 0 unspecified atom stereocenters. The van der Waals surface area contributed by atoms with Gasteiger partial charge in [0.1, 0.15) is 16.8 Å². The molecule has 9 heteroatoms. The van der Waals surface area contributed by atoms with E-state index in [0.717, 1.165) is 10.4 Å². The smallest absolute Gasteiger partial charge is 0.333 e. The van der Waals surface area contributed by atoms with Crippen LogP contribution in [0.15, 0.2) is 88.2 Å². The fourth-order valence-corrected chi connectivity index (χ4v) is 6.88. The van der Waals surface area contributed by atoms with Crippen LogP contribution in [0.5, 0.6) is 0 Å². The van der Waals surface area contributed by atoms with Crippen LogP contribution in [-0.2, 0) is 19.6 Å². The van der Waals surface area contributed by atoms with E-state index in [0.29, 0.717) is 10.0 Å². The largest absolute Gasteiger partial charge is 0.427 e. The Bertz CT molecular complexity index is 1390. The van der Waals surface area contributed by atoms with Crippen molar-refractivity contribution in [3.63, 3.8) is 0 Å². The molecule has 0 saturated carbocycles. The van der Waals surface area contributed by atoms with Crippen molar-refractivity contribution in [2.45, 2.75) is 16.7 Å². The molecular formula is C23H15BrFNO5S. The number of benzene rings is 3. The predicted octanol–water partition coefficient (Wildman–Crippen LogP) is 4.17. The van der Waals surface area contributed by atoms with Gasteiger partial charge in [-0.25, -0.2) is 21.9 Å². The van der Waals surface area contributed by atoms with Gasteiger partial charge >= 0.3 is 5.97 Å². The number of rotatable bonds is 3. The molecule has 2 atom stereocenters. The second kappa shape index (κ2) is 7.26. The Hall–Kier alpha value is -3.01. The number of hydrogen-bond acceptors (Lipinski definition) is 5. The molecule has 0 fully saturated rings. The standard InChI is InChI=1S/C23H15BrFNO5S/c24-18-6-2-4-8-20(18)32(29,30)26-19-7-3-1-5-16(19)22(28)23(26)17(13-21(27)31-23)14-9-11-15(25)12-10-14/h1-13,22,28H/t22-,23-/m0/s1. The third-order valence-electron chi connectivity index (χ3n) is 5.54. The number of esters is 1. The molecule has 0 aromatic heterocycles. The van der Waals surface area contributed by atoms with Gasteiger partial charge in [0.25, 0.3) is 15.7 Å². The average molecular weight is 516 g/mol. The second-order valence-electron chi connectivity index (χ2n) is 7.34. The van der Waals surface area contributed by atoms with Crippen molar-refractivity contribution >= 4 is 43.2 Å². The maximum absolute atomic E-state index is 14.0. The number of para-hydroxylation sites is 1. The Kier molecular flexibility index (Phi) is 4.74. The van der Waals surface area contributed by atoms with Crippen molar-refractivity contribution in [3.8, 4) is 0 Å². The van der Waals surface area contributed by atoms with E-state index in [-0.39, 0.29) is 21.7 Å². The maximum atomic E-state index is 14.0. The molecule has 5 rings (SSSR count). The summed E-state index contributed by atoms with van der Waals surface area (Å²) in [6, 6.07) is 17.8. The molecule has 1 spiro atoms.